The molecule has 6 nitrogen and oxygen atoms in total. The summed E-state index contributed by atoms with van der Waals surface area (Å²) in [4.78, 5) is 0.376. The van der Waals surface area contributed by atoms with Gasteiger partial charge in [0.25, 0.3) is 0 Å². The van der Waals surface area contributed by atoms with Crippen molar-refractivity contribution in [2.24, 2.45) is 5.73 Å². The van der Waals surface area contributed by atoms with Crippen molar-refractivity contribution in [3.63, 3.8) is 0 Å². The van der Waals surface area contributed by atoms with Gasteiger partial charge in [-0.2, -0.15) is 8.68 Å². The Bertz CT molecular complexity index is 1060. The van der Waals surface area contributed by atoms with Crippen LogP contribution in [0.1, 0.15) is 36.6 Å². The SMILES string of the molecule is NC(CCNCc1ccc(S(=O)(=O)N2CCCC2)cc1)c1nsc2ccccc12. The summed E-state index contributed by atoms with van der Waals surface area (Å²) in [6, 6.07) is 15.2. The Morgan fingerprint density at radius 1 is 1.10 bits per heavy atom. The summed E-state index contributed by atoms with van der Waals surface area (Å²) in [5.41, 5.74) is 8.36. The molecular weight excluding hydrogens is 404 g/mol. The molecule has 29 heavy (non-hydrogen) atoms. The molecule has 1 aromatic heterocycles. The van der Waals surface area contributed by atoms with Gasteiger partial charge in [-0.15, -0.1) is 0 Å². The molecule has 154 valence electrons. The Hall–Kier alpha value is -1.84. The maximum Gasteiger partial charge on any atom is 0.243 e. The molecule has 1 saturated heterocycles. The van der Waals surface area contributed by atoms with E-state index in [0.29, 0.717) is 24.5 Å². The first-order chi connectivity index (χ1) is 14.1. The summed E-state index contributed by atoms with van der Waals surface area (Å²) in [7, 11) is -3.34. The van der Waals surface area contributed by atoms with Crippen molar-refractivity contribution in [1.29, 1.82) is 0 Å². The van der Waals surface area contributed by atoms with Gasteiger partial charge in [0.2, 0.25) is 10.0 Å². The molecule has 0 bridgehead atoms. The van der Waals surface area contributed by atoms with Crippen LogP contribution in [0, 0.1) is 0 Å². The molecule has 1 atom stereocenters. The minimum Gasteiger partial charge on any atom is -0.323 e. The van der Waals surface area contributed by atoms with Gasteiger partial charge in [-0.05, 0) is 61.1 Å². The van der Waals surface area contributed by atoms with Crippen molar-refractivity contribution in [2.75, 3.05) is 19.6 Å². The maximum absolute atomic E-state index is 12.6. The number of hydrogen-bond acceptors (Lipinski definition) is 6. The van der Waals surface area contributed by atoms with Crippen molar-refractivity contribution in [3.05, 3.63) is 59.8 Å². The topological polar surface area (TPSA) is 88.3 Å². The van der Waals surface area contributed by atoms with Crippen molar-refractivity contribution in [2.45, 2.75) is 36.7 Å². The zero-order chi connectivity index (χ0) is 20.3. The van der Waals surface area contributed by atoms with Gasteiger partial charge < -0.3 is 11.1 Å². The number of nitrogens with two attached hydrogens (primary N) is 1. The molecule has 3 aromatic rings. The number of nitrogens with zero attached hydrogens (tertiary/aromatic N) is 2. The van der Waals surface area contributed by atoms with Crippen LogP contribution in [-0.4, -0.2) is 36.7 Å². The molecule has 0 spiro atoms. The van der Waals surface area contributed by atoms with E-state index in [0.717, 1.165) is 47.2 Å². The van der Waals surface area contributed by atoms with Crippen LogP contribution >= 0.6 is 11.5 Å². The van der Waals surface area contributed by atoms with Crippen LogP contribution in [-0.2, 0) is 16.6 Å². The molecule has 0 radical (unpaired) electrons. The first kappa shape index (κ1) is 20.4. The van der Waals surface area contributed by atoms with Crippen LogP contribution in [0.25, 0.3) is 10.1 Å². The van der Waals surface area contributed by atoms with Gasteiger partial charge in [0, 0.05) is 31.1 Å². The lowest BCUT2D eigenvalue weighted by Crippen LogP contribution is -2.27. The number of nitrogens with one attached hydrogen (secondary N) is 1. The van der Waals surface area contributed by atoms with Crippen molar-refractivity contribution < 1.29 is 8.42 Å². The Morgan fingerprint density at radius 2 is 1.83 bits per heavy atom. The van der Waals surface area contributed by atoms with Gasteiger partial charge in [0.05, 0.1) is 15.3 Å². The van der Waals surface area contributed by atoms with Gasteiger partial charge in [-0.1, -0.05) is 30.3 Å². The molecule has 3 N–H and O–H groups in total. The highest BCUT2D eigenvalue weighted by Gasteiger charge is 2.26. The summed E-state index contributed by atoms with van der Waals surface area (Å²) in [6.07, 6.45) is 2.68. The Labute approximate surface area is 175 Å². The highest BCUT2D eigenvalue weighted by Crippen LogP contribution is 2.27. The van der Waals surface area contributed by atoms with Crippen LogP contribution < -0.4 is 11.1 Å². The molecule has 8 heteroatoms. The molecular formula is C21H26N4O2S2. The first-order valence-corrected chi connectivity index (χ1v) is 12.2. The van der Waals surface area contributed by atoms with Crippen LogP contribution in [0.15, 0.2) is 53.4 Å². The lowest BCUT2D eigenvalue weighted by Gasteiger charge is -2.15. The zero-order valence-electron chi connectivity index (χ0n) is 16.3. The second-order valence-corrected chi connectivity index (χ2v) is 10.1. The minimum absolute atomic E-state index is 0.105. The number of hydrogen-bond donors (Lipinski definition) is 2. The van der Waals surface area contributed by atoms with Gasteiger partial charge in [0.15, 0.2) is 0 Å². The molecule has 0 saturated carbocycles. The fourth-order valence-electron chi connectivity index (χ4n) is 3.66. The van der Waals surface area contributed by atoms with Crippen molar-refractivity contribution >= 4 is 31.6 Å². The summed E-state index contributed by atoms with van der Waals surface area (Å²) in [6.45, 7) is 2.69. The molecule has 4 rings (SSSR count). The van der Waals surface area contributed by atoms with Crippen LogP contribution in [0.2, 0.25) is 0 Å². The summed E-state index contributed by atoms with van der Waals surface area (Å²) >= 11 is 1.49. The lowest BCUT2D eigenvalue weighted by atomic mass is 10.1. The van der Waals surface area contributed by atoms with E-state index in [1.54, 1.807) is 16.4 Å². The second kappa shape index (κ2) is 8.89. The Morgan fingerprint density at radius 3 is 2.59 bits per heavy atom. The van der Waals surface area contributed by atoms with Gasteiger partial charge in [-0.3, -0.25) is 0 Å². The summed E-state index contributed by atoms with van der Waals surface area (Å²) in [5.74, 6) is 0. The van der Waals surface area contributed by atoms with Gasteiger partial charge >= 0.3 is 0 Å². The van der Waals surface area contributed by atoms with E-state index in [1.165, 1.54) is 11.5 Å². The zero-order valence-corrected chi connectivity index (χ0v) is 17.9. The monoisotopic (exact) mass is 430 g/mol. The summed E-state index contributed by atoms with van der Waals surface area (Å²) < 4.78 is 32.4. The molecule has 1 aliphatic rings. The standard InChI is InChI=1S/C21H26N4O2S2/c22-19(21-18-5-1-2-6-20(18)28-24-21)11-12-23-15-16-7-9-17(10-8-16)29(26,27)25-13-3-4-14-25/h1-2,5-10,19,23H,3-4,11-15,22H2. The highest BCUT2D eigenvalue weighted by atomic mass is 32.2. The molecule has 0 amide bonds. The molecule has 2 heterocycles. The van der Waals surface area contributed by atoms with E-state index in [1.807, 2.05) is 24.3 Å². The Balaban J connectivity index is 1.28. The van der Waals surface area contributed by atoms with Crippen molar-refractivity contribution in [3.8, 4) is 0 Å². The van der Waals surface area contributed by atoms with E-state index >= 15 is 0 Å². The van der Waals surface area contributed by atoms with E-state index in [9.17, 15) is 8.42 Å². The quantitative estimate of drug-likeness (QED) is 0.536. The van der Waals surface area contributed by atoms with E-state index in [2.05, 4.69) is 21.8 Å². The number of sulfonamides is 1. The number of rotatable bonds is 8. The molecule has 1 fully saturated rings. The average Bonchev–Trinajstić information content (AvgIpc) is 3.42. The highest BCUT2D eigenvalue weighted by molar-refractivity contribution is 7.89. The van der Waals surface area contributed by atoms with Crippen LogP contribution in [0.4, 0.5) is 0 Å². The maximum atomic E-state index is 12.6. The van der Waals surface area contributed by atoms with Crippen molar-refractivity contribution in [1.82, 2.24) is 14.0 Å². The van der Waals surface area contributed by atoms with Gasteiger partial charge in [0.1, 0.15) is 0 Å². The van der Waals surface area contributed by atoms with Gasteiger partial charge in [-0.25, -0.2) is 8.42 Å². The van der Waals surface area contributed by atoms with E-state index < -0.39 is 10.0 Å². The number of fused-ring (bicyclic) bond motifs is 1. The average molecular weight is 431 g/mol. The number of aromatic nitrogens is 1. The molecule has 1 unspecified atom stereocenters. The summed E-state index contributed by atoms with van der Waals surface area (Å²) in [5, 5.41) is 4.53. The van der Waals surface area contributed by atoms with Crippen LogP contribution in [0.5, 0.6) is 0 Å². The second-order valence-electron chi connectivity index (χ2n) is 7.39. The fourth-order valence-corrected chi connectivity index (χ4v) is 6.01. The third-order valence-corrected chi connectivity index (χ3v) is 8.10. The van der Waals surface area contributed by atoms with E-state index in [-0.39, 0.29) is 6.04 Å². The lowest BCUT2D eigenvalue weighted by molar-refractivity contribution is 0.477. The normalized spacial score (nSPS) is 16.4. The third kappa shape index (κ3) is 4.51. The number of benzene rings is 2. The smallest absolute Gasteiger partial charge is 0.243 e. The third-order valence-electron chi connectivity index (χ3n) is 5.34. The predicted molar refractivity (Wildman–Crippen MR) is 117 cm³/mol. The fraction of sp³-hybridized carbons (Fsp3) is 0.381. The van der Waals surface area contributed by atoms with E-state index in [4.69, 9.17) is 5.73 Å². The Kier molecular flexibility index (Phi) is 6.26. The molecule has 0 aliphatic carbocycles. The molecule has 1 aliphatic heterocycles. The first-order valence-electron chi connectivity index (χ1n) is 9.95. The largest absolute Gasteiger partial charge is 0.323 e. The van der Waals surface area contributed by atoms with Crippen LogP contribution in [0.3, 0.4) is 0 Å². The molecule has 2 aromatic carbocycles. The minimum atomic E-state index is -3.34. The predicted octanol–water partition coefficient (Wildman–Crippen LogP) is 3.26.